The van der Waals surface area contributed by atoms with Gasteiger partial charge in [0.15, 0.2) is 0 Å². The van der Waals surface area contributed by atoms with Gasteiger partial charge in [0.2, 0.25) is 0 Å². The first kappa shape index (κ1) is 21.1. The second-order valence-corrected chi connectivity index (χ2v) is 7.42. The van der Waals surface area contributed by atoms with Crippen LogP contribution < -0.4 is 16.4 Å². The first-order chi connectivity index (χ1) is 15.7. The van der Waals surface area contributed by atoms with Gasteiger partial charge in [-0.15, -0.1) is 0 Å². The average Bonchev–Trinajstić information content (AvgIpc) is 2.85. The fourth-order valence-corrected chi connectivity index (χ4v) is 3.34. The van der Waals surface area contributed by atoms with Crippen molar-refractivity contribution in [2.45, 2.75) is 13.0 Å². The Morgan fingerprint density at radius 1 is 0.875 bits per heavy atom. The first-order valence-electron chi connectivity index (χ1n) is 10.5. The lowest BCUT2D eigenvalue weighted by Crippen LogP contribution is -2.24. The van der Waals surface area contributed by atoms with Crippen LogP contribution in [0.25, 0.3) is 11.3 Å². The van der Waals surface area contributed by atoms with Gasteiger partial charge in [-0.1, -0.05) is 48.5 Å². The molecule has 0 spiro atoms. The summed E-state index contributed by atoms with van der Waals surface area (Å²) in [7, 11) is 0. The van der Waals surface area contributed by atoms with E-state index in [9.17, 15) is 4.79 Å². The van der Waals surface area contributed by atoms with Crippen molar-refractivity contribution < 1.29 is 4.79 Å². The smallest absolute Gasteiger partial charge is 0.255 e. The normalized spacial score (nSPS) is 10.5. The van der Waals surface area contributed by atoms with Gasteiger partial charge in [0.05, 0.1) is 11.3 Å². The molecule has 0 aliphatic rings. The van der Waals surface area contributed by atoms with Crippen LogP contribution in [-0.4, -0.2) is 22.4 Å². The molecule has 6 heteroatoms. The summed E-state index contributed by atoms with van der Waals surface area (Å²) >= 11 is 0. The molecule has 0 saturated heterocycles. The molecule has 0 radical (unpaired) electrons. The van der Waals surface area contributed by atoms with Crippen LogP contribution in [-0.2, 0) is 13.0 Å². The van der Waals surface area contributed by atoms with E-state index in [2.05, 4.69) is 15.6 Å². The molecule has 2 heterocycles. The zero-order valence-electron chi connectivity index (χ0n) is 17.7. The number of rotatable bonds is 8. The van der Waals surface area contributed by atoms with Gasteiger partial charge in [0.1, 0.15) is 5.82 Å². The predicted octanol–water partition coefficient (Wildman–Crippen LogP) is 4.31. The molecule has 1 amide bonds. The topological polar surface area (TPSA) is 92.9 Å². The minimum atomic E-state index is -0.184. The molecule has 32 heavy (non-hydrogen) atoms. The summed E-state index contributed by atoms with van der Waals surface area (Å²) in [5, 5.41) is 6.31. The van der Waals surface area contributed by atoms with E-state index in [1.807, 2.05) is 78.9 Å². The number of nitrogens with zero attached hydrogens (tertiary/aromatic N) is 2. The Hall–Kier alpha value is -4.19. The van der Waals surface area contributed by atoms with Crippen molar-refractivity contribution in [1.29, 1.82) is 0 Å². The third kappa shape index (κ3) is 5.49. The van der Waals surface area contributed by atoms with E-state index in [1.54, 1.807) is 12.4 Å². The van der Waals surface area contributed by atoms with Crippen LogP contribution in [0.3, 0.4) is 0 Å². The van der Waals surface area contributed by atoms with E-state index in [4.69, 9.17) is 10.7 Å². The molecule has 0 atom stereocenters. The number of amides is 1. The molecule has 4 rings (SSSR count). The van der Waals surface area contributed by atoms with E-state index < -0.39 is 0 Å². The number of pyridine rings is 2. The lowest BCUT2D eigenvalue weighted by atomic mass is 10.1. The molecule has 2 aromatic heterocycles. The van der Waals surface area contributed by atoms with Crippen LogP contribution in [0.2, 0.25) is 0 Å². The molecule has 0 saturated carbocycles. The van der Waals surface area contributed by atoms with Crippen molar-refractivity contribution in [2.24, 2.45) is 0 Å². The molecule has 0 aliphatic carbocycles. The monoisotopic (exact) mass is 423 g/mol. The van der Waals surface area contributed by atoms with E-state index in [1.165, 1.54) is 0 Å². The van der Waals surface area contributed by atoms with Crippen LogP contribution >= 0.6 is 0 Å². The van der Waals surface area contributed by atoms with Crippen LogP contribution in [0.4, 0.5) is 11.5 Å². The largest absolute Gasteiger partial charge is 0.399 e. The molecular weight excluding hydrogens is 398 g/mol. The van der Waals surface area contributed by atoms with Crippen LogP contribution in [0.5, 0.6) is 0 Å². The summed E-state index contributed by atoms with van der Waals surface area (Å²) in [6, 6.07) is 25.2. The number of hydrogen-bond acceptors (Lipinski definition) is 5. The molecule has 0 bridgehead atoms. The Morgan fingerprint density at radius 3 is 2.44 bits per heavy atom. The number of nitrogens with one attached hydrogen (secondary N) is 2. The minimum Gasteiger partial charge on any atom is -0.399 e. The van der Waals surface area contributed by atoms with Crippen LogP contribution in [0.15, 0.2) is 91.3 Å². The number of carbonyl (C=O) groups excluding carboxylic acids is 1. The molecule has 0 aliphatic heterocycles. The highest BCUT2D eigenvalue weighted by atomic mass is 16.1. The van der Waals surface area contributed by atoms with Crippen molar-refractivity contribution in [1.82, 2.24) is 15.3 Å². The van der Waals surface area contributed by atoms with Gasteiger partial charge in [0.25, 0.3) is 5.91 Å². The average molecular weight is 424 g/mol. The molecule has 6 nitrogen and oxygen atoms in total. The number of carbonyl (C=O) groups is 1. The van der Waals surface area contributed by atoms with Crippen molar-refractivity contribution in [2.75, 3.05) is 17.6 Å². The number of aromatic nitrogens is 2. The quantitative estimate of drug-likeness (QED) is 0.367. The molecule has 0 fully saturated rings. The summed E-state index contributed by atoms with van der Waals surface area (Å²) in [4.78, 5) is 21.8. The minimum absolute atomic E-state index is 0.184. The third-order valence-electron chi connectivity index (χ3n) is 5.07. The molecule has 160 valence electrons. The summed E-state index contributed by atoms with van der Waals surface area (Å²) in [5.41, 5.74) is 10.9. The van der Waals surface area contributed by atoms with E-state index >= 15 is 0 Å². The molecule has 0 unspecified atom stereocenters. The Kier molecular flexibility index (Phi) is 6.72. The van der Waals surface area contributed by atoms with Crippen molar-refractivity contribution in [3.8, 4) is 11.3 Å². The fraction of sp³-hybridized carbons (Fsp3) is 0.115. The van der Waals surface area contributed by atoms with Gasteiger partial charge in [0, 0.05) is 36.7 Å². The Morgan fingerprint density at radius 2 is 1.69 bits per heavy atom. The molecular formula is C26H25N5O. The second-order valence-electron chi connectivity index (χ2n) is 7.42. The van der Waals surface area contributed by atoms with Crippen molar-refractivity contribution >= 4 is 17.4 Å². The first-order valence-corrected chi connectivity index (χ1v) is 10.5. The van der Waals surface area contributed by atoms with Gasteiger partial charge in [-0.2, -0.15) is 0 Å². The Balaban J connectivity index is 1.52. The SMILES string of the molecule is Nc1ccc(CCNc2nc(-c3ccccc3)ccc2C(=O)NCc2cccnc2)cc1. The van der Waals surface area contributed by atoms with Gasteiger partial charge in [-0.3, -0.25) is 9.78 Å². The van der Waals surface area contributed by atoms with E-state index in [0.717, 1.165) is 34.5 Å². The molecule has 2 aromatic carbocycles. The summed E-state index contributed by atoms with van der Waals surface area (Å²) in [5.74, 6) is 0.376. The maximum absolute atomic E-state index is 12.9. The molecule has 4 N–H and O–H groups in total. The fourth-order valence-electron chi connectivity index (χ4n) is 3.34. The van der Waals surface area contributed by atoms with E-state index in [-0.39, 0.29) is 5.91 Å². The predicted molar refractivity (Wildman–Crippen MR) is 128 cm³/mol. The zero-order chi connectivity index (χ0) is 22.2. The van der Waals surface area contributed by atoms with Crippen LogP contribution in [0.1, 0.15) is 21.5 Å². The maximum atomic E-state index is 12.9. The number of hydrogen-bond donors (Lipinski definition) is 3. The van der Waals surface area contributed by atoms with Crippen molar-refractivity contribution in [3.63, 3.8) is 0 Å². The van der Waals surface area contributed by atoms with Crippen LogP contribution in [0, 0.1) is 0 Å². The number of benzene rings is 2. The lowest BCUT2D eigenvalue weighted by Gasteiger charge is -2.13. The van der Waals surface area contributed by atoms with Gasteiger partial charge < -0.3 is 16.4 Å². The van der Waals surface area contributed by atoms with Gasteiger partial charge >= 0.3 is 0 Å². The number of nitrogens with two attached hydrogens (primary N) is 1. The lowest BCUT2D eigenvalue weighted by molar-refractivity contribution is 0.0951. The summed E-state index contributed by atoms with van der Waals surface area (Å²) in [6.45, 7) is 1.04. The second kappa shape index (κ2) is 10.2. The highest BCUT2D eigenvalue weighted by Crippen LogP contribution is 2.22. The highest BCUT2D eigenvalue weighted by Gasteiger charge is 2.14. The highest BCUT2D eigenvalue weighted by molar-refractivity contribution is 5.99. The number of anilines is 2. The third-order valence-corrected chi connectivity index (χ3v) is 5.07. The summed E-state index contributed by atoms with van der Waals surface area (Å²) in [6.07, 6.45) is 4.23. The Labute approximate surface area is 187 Å². The standard InChI is InChI=1S/C26H25N5O/c27-22-10-8-19(9-11-22)14-16-29-25-23(26(32)30-18-20-5-4-15-28-17-20)12-13-24(31-25)21-6-2-1-3-7-21/h1-13,15,17H,14,16,18,27H2,(H,29,31)(H,30,32). The zero-order valence-corrected chi connectivity index (χ0v) is 17.7. The summed E-state index contributed by atoms with van der Waals surface area (Å²) < 4.78 is 0. The van der Waals surface area contributed by atoms with Gasteiger partial charge in [-0.05, 0) is 47.9 Å². The maximum Gasteiger partial charge on any atom is 0.255 e. The Bertz CT molecular complexity index is 1160. The van der Waals surface area contributed by atoms with E-state index in [0.29, 0.717) is 24.5 Å². The van der Waals surface area contributed by atoms with Crippen molar-refractivity contribution in [3.05, 3.63) is 108 Å². The molecule has 4 aromatic rings. The van der Waals surface area contributed by atoms with Gasteiger partial charge in [-0.25, -0.2) is 4.98 Å². The number of nitrogen functional groups attached to an aromatic ring is 1.